The first-order valence-electron chi connectivity index (χ1n) is 6.00. The molecule has 1 aliphatic carbocycles. The van der Waals surface area contributed by atoms with Gasteiger partial charge in [-0.2, -0.15) is 0 Å². The van der Waals surface area contributed by atoms with E-state index in [1.54, 1.807) is 0 Å². The van der Waals surface area contributed by atoms with Crippen molar-refractivity contribution in [3.8, 4) is 0 Å². The fourth-order valence-corrected chi connectivity index (χ4v) is 2.88. The SMILES string of the molecule is CC(C)c1csc(NC(=O)C2(O)CCCC2)n1. The van der Waals surface area contributed by atoms with Crippen molar-refractivity contribution in [3.63, 3.8) is 0 Å². The van der Waals surface area contributed by atoms with Gasteiger partial charge in [0.2, 0.25) is 0 Å². The summed E-state index contributed by atoms with van der Waals surface area (Å²) in [6, 6.07) is 0. The highest BCUT2D eigenvalue weighted by Gasteiger charge is 2.39. The lowest BCUT2D eigenvalue weighted by Crippen LogP contribution is -2.40. The maximum Gasteiger partial charge on any atom is 0.258 e. The molecule has 0 atom stereocenters. The Labute approximate surface area is 105 Å². The molecule has 1 aromatic heterocycles. The van der Waals surface area contributed by atoms with Crippen LogP contribution in [-0.2, 0) is 4.79 Å². The summed E-state index contributed by atoms with van der Waals surface area (Å²) in [6.45, 7) is 4.12. The van der Waals surface area contributed by atoms with E-state index in [-0.39, 0.29) is 5.91 Å². The summed E-state index contributed by atoms with van der Waals surface area (Å²) in [5, 5.41) is 15.3. The minimum Gasteiger partial charge on any atom is -0.380 e. The molecule has 0 aliphatic heterocycles. The molecule has 0 unspecified atom stereocenters. The zero-order valence-corrected chi connectivity index (χ0v) is 11.0. The molecule has 4 nitrogen and oxygen atoms in total. The third-order valence-electron chi connectivity index (χ3n) is 3.19. The van der Waals surface area contributed by atoms with Gasteiger partial charge in [0.1, 0.15) is 5.60 Å². The first-order chi connectivity index (χ1) is 8.01. The van der Waals surface area contributed by atoms with Gasteiger partial charge in [-0.25, -0.2) is 4.98 Å². The van der Waals surface area contributed by atoms with Crippen LogP contribution in [0.1, 0.15) is 51.1 Å². The van der Waals surface area contributed by atoms with Gasteiger partial charge in [-0.15, -0.1) is 11.3 Å². The van der Waals surface area contributed by atoms with E-state index in [0.29, 0.717) is 23.9 Å². The fourth-order valence-electron chi connectivity index (χ4n) is 2.01. The molecule has 0 aromatic carbocycles. The molecule has 0 bridgehead atoms. The number of carbonyl (C=O) groups is 1. The number of nitrogens with zero attached hydrogens (tertiary/aromatic N) is 1. The Morgan fingerprint density at radius 3 is 2.71 bits per heavy atom. The summed E-state index contributed by atoms with van der Waals surface area (Å²) >= 11 is 1.41. The summed E-state index contributed by atoms with van der Waals surface area (Å²) in [6.07, 6.45) is 2.94. The predicted octanol–water partition coefficient (Wildman–Crippen LogP) is 2.51. The monoisotopic (exact) mass is 254 g/mol. The van der Waals surface area contributed by atoms with Crippen LogP contribution in [0, 0.1) is 0 Å². The fraction of sp³-hybridized carbons (Fsp3) is 0.667. The van der Waals surface area contributed by atoms with Crippen LogP contribution >= 0.6 is 11.3 Å². The molecular weight excluding hydrogens is 236 g/mol. The number of hydrogen-bond acceptors (Lipinski definition) is 4. The Balaban J connectivity index is 2.02. The Bertz CT molecular complexity index is 408. The van der Waals surface area contributed by atoms with E-state index >= 15 is 0 Å². The lowest BCUT2D eigenvalue weighted by atomic mass is 10.0. The van der Waals surface area contributed by atoms with Crippen LogP contribution in [0.15, 0.2) is 5.38 Å². The predicted molar refractivity (Wildman–Crippen MR) is 68.3 cm³/mol. The molecule has 5 heteroatoms. The molecule has 1 aliphatic rings. The highest BCUT2D eigenvalue weighted by molar-refractivity contribution is 7.13. The van der Waals surface area contributed by atoms with Gasteiger partial charge in [-0.1, -0.05) is 13.8 Å². The number of carbonyl (C=O) groups excluding carboxylic acids is 1. The second-order valence-corrected chi connectivity index (χ2v) is 5.78. The Kier molecular flexibility index (Phi) is 3.49. The lowest BCUT2D eigenvalue weighted by molar-refractivity contribution is -0.133. The van der Waals surface area contributed by atoms with Crippen LogP contribution < -0.4 is 5.32 Å². The zero-order chi connectivity index (χ0) is 12.5. The number of thiazole rings is 1. The Morgan fingerprint density at radius 2 is 2.18 bits per heavy atom. The lowest BCUT2D eigenvalue weighted by Gasteiger charge is -2.19. The molecule has 0 spiro atoms. The number of aliphatic hydroxyl groups is 1. The van der Waals surface area contributed by atoms with Crippen molar-refractivity contribution in [2.45, 2.75) is 51.0 Å². The number of rotatable bonds is 3. The third-order valence-corrected chi connectivity index (χ3v) is 3.96. The summed E-state index contributed by atoms with van der Waals surface area (Å²) in [5.74, 6) is 0.0473. The van der Waals surface area contributed by atoms with Gasteiger partial charge in [0, 0.05) is 5.38 Å². The number of amides is 1. The summed E-state index contributed by atoms with van der Waals surface area (Å²) in [4.78, 5) is 16.2. The molecule has 1 heterocycles. The van der Waals surface area contributed by atoms with E-state index in [2.05, 4.69) is 24.1 Å². The normalized spacial score (nSPS) is 18.6. The van der Waals surface area contributed by atoms with E-state index in [9.17, 15) is 9.90 Å². The van der Waals surface area contributed by atoms with Crippen molar-refractivity contribution >= 4 is 22.4 Å². The molecule has 2 rings (SSSR count). The molecule has 0 saturated heterocycles. The minimum atomic E-state index is -1.18. The molecule has 94 valence electrons. The number of nitrogens with one attached hydrogen (secondary N) is 1. The quantitative estimate of drug-likeness (QED) is 0.871. The van der Waals surface area contributed by atoms with Crippen molar-refractivity contribution < 1.29 is 9.90 Å². The van der Waals surface area contributed by atoms with E-state index in [1.807, 2.05) is 5.38 Å². The van der Waals surface area contributed by atoms with E-state index in [4.69, 9.17) is 0 Å². The largest absolute Gasteiger partial charge is 0.380 e. The zero-order valence-electron chi connectivity index (χ0n) is 10.2. The maximum absolute atomic E-state index is 11.9. The molecular formula is C12H18N2O2S. The van der Waals surface area contributed by atoms with Gasteiger partial charge in [-0.05, 0) is 31.6 Å². The summed E-state index contributed by atoms with van der Waals surface area (Å²) in [7, 11) is 0. The summed E-state index contributed by atoms with van der Waals surface area (Å²) in [5.41, 5.74) is -0.201. The first-order valence-corrected chi connectivity index (χ1v) is 6.88. The third kappa shape index (κ3) is 2.66. The van der Waals surface area contributed by atoms with Crippen LogP contribution in [0.2, 0.25) is 0 Å². The molecule has 0 radical (unpaired) electrons. The smallest absolute Gasteiger partial charge is 0.258 e. The van der Waals surface area contributed by atoms with Crippen LogP contribution in [0.4, 0.5) is 5.13 Å². The topological polar surface area (TPSA) is 62.2 Å². The van der Waals surface area contributed by atoms with Crippen molar-refractivity contribution in [1.29, 1.82) is 0 Å². The van der Waals surface area contributed by atoms with Gasteiger partial charge < -0.3 is 5.11 Å². The second-order valence-electron chi connectivity index (χ2n) is 4.93. The molecule has 1 amide bonds. The minimum absolute atomic E-state index is 0.306. The van der Waals surface area contributed by atoms with Crippen molar-refractivity contribution in [2.24, 2.45) is 0 Å². The van der Waals surface area contributed by atoms with Crippen LogP contribution in [0.25, 0.3) is 0 Å². The van der Waals surface area contributed by atoms with Crippen LogP contribution in [0.3, 0.4) is 0 Å². The van der Waals surface area contributed by atoms with Crippen LogP contribution in [0.5, 0.6) is 0 Å². The standard InChI is InChI=1S/C12H18N2O2S/c1-8(2)9-7-17-11(13-9)14-10(15)12(16)5-3-4-6-12/h7-8,16H,3-6H2,1-2H3,(H,13,14,15). The molecule has 1 saturated carbocycles. The Hall–Kier alpha value is -0.940. The van der Waals surface area contributed by atoms with Gasteiger partial charge in [0.25, 0.3) is 5.91 Å². The number of anilines is 1. The maximum atomic E-state index is 11.9. The number of aromatic nitrogens is 1. The van der Waals surface area contributed by atoms with Gasteiger partial charge in [0.15, 0.2) is 5.13 Å². The molecule has 2 N–H and O–H groups in total. The highest BCUT2D eigenvalue weighted by atomic mass is 32.1. The van der Waals surface area contributed by atoms with E-state index in [1.165, 1.54) is 11.3 Å². The average molecular weight is 254 g/mol. The van der Waals surface area contributed by atoms with Crippen molar-refractivity contribution in [1.82, 2.24) is 4.98 Å². The molecule has 1 fully saturated rings. The van der Waals surface area contributed by atoms with E-state index < -0.39 is 5.60 Å². The average Bonchev–Trinajstić information content (AvgIpc) is 2.88. The molecule has 17 heavy (non-hydrogen) atoms. The molecule has 1 aromatic rings. The van der Waals surface area contributed by atoms with Crippen molar-refractivity contribution in [2.75, 3.05) is 5.32 Å². The van der Waals surface area contributed by atoms with Gasteiger partial charge >= 0.3 is 0 Å². The van der Waals surface area contributed by atoms with Gasteiger partial charge in [0.05, 0.1) is 5.69 Å². The van der Waals surface area contributed by atoms with Crippen LogP contribution in [-0.4, -0.2) is 21.6 Å². The first kappa shape index (κ1) is 12.5. The highest BCUT2D eigenvalue weighted by Crippen LogP contribution is 2.31. The summed E-state index contributed by atoms with van der Waals surface area (Å²) < 4.78 is 0. The van der Waals surface area contributed by atoms with Gasteiger partial charge in [-0.3, -0.25) is 10.1 Å². The van der Waals surface area contributed by atoms with Crippen molar-refractivity contribution in [3.05, 3.63) is 11.1 Å². The number of hydrogen-bond donors (Lipinski definition) is 2. The second kappa shape index (κ2) is 4.74. The Morgan fingerprint density at radius 1 is 1.53 bits per heavy atom. The van der Waals surface area contributed by atoms with E-state index in [0.717, 1.165) is 18.5 Å².